The Bertz CT molecular complexity index is 1490. The van der Waals surface area contributed by atoms with Crippen LogP contribution in [0.25, 0.3) is 0 Å². The van der Waals surface area contributed by atoms with E-state index in [4.69, 9.17) is 14.4 Å². The number of nitrogens with zero attached hydrogens (tertiary/aromatic N) is 1. The molecule has 2 N–H and O–H groups in total. The highest BCUT2D eigenvalue weighted by Crippen LogP contribution is 2.41. The van der Waals surface area contributed by atoms with Crippen LogP contribution < -0.4 is 24.9 Å². The van der Waals surface area contributed by atoms with Gasteiger partial charge in [0.15, 0.2) is 11.9 Å². The van der Waals surface area contributed by atoms with E-state index in [1.54, 1.807) is 31.2 Å². The zero-order chi connectivity index (χ0) is 29.6. The van der Waals surface area contributed by atoms with Crippen molar-refractivity contribution in [1.29, 1.82) is 5.26 Å². The zero-order valence-electron chi connectivity index (χ0n) is 23.5. The van der Waals surface area contributed by atoms with Crippen molar-refractivity contribution < 1.29 is 23.5 Å². The molecule has 210 valence electrons. The smallest absolute Gasteiger partial charge is 0.330 e. The molecule has 4 rings (SSSR count). The fourth-order valence-electron chi connectivity index (χ4n) is 5.02. The van der Waals surface area contributed by atoms with Gasteiger partial charge in [0.05, 0.1) is 18.2 Å². The SMILES string of the molecule is CCOc1cc(O[Si](c2ccccc2)(c2ccccc2)C(C)(C)C)c(F)c(C(Nc2ccc(C#N)cc2)C(=O)O)c1. The van der Waals surface area contributed by atoms with Crippen molar-refractivity contribution in [3.8, 4) is 17.6 Å². The molecule has 0 bridgehead atoms. The number of benzene rings is 4. The van der Waals surface area contributed by atoms with Crippen LogP contribution in [0.3, 0.4) is 0 Å². The van der Waals surface area contributed by atoms with E-state index in [1.807, 2.05) is 66.7 Å². The van der Waals surface area contributed by atoms with Gasteiger partial charge in [-0.05, 0) is 52.7 Å². The molecular formula is C33H33FN2O4Si. The Labute approximate surface area is 241 Å². The molecule has 41 heavy (non-hydrogen) atoms. The minimum atomic E-state index is -3.23. The maximum absolute atomic E-state index is 16.6. The van der Waals surface area contributed by atoms with Crippen LogP contribution in [0, 0.1) is 17.1 Å². The highest BCUT2D eigenvalue weighted by atomic mass is 28.4. The molecule has 1 unspecified atom stereocenters. The first-order chi connectivity index (χ1) is 19.6. The molecule has 4 aromatic carbocycles. The molecule has 0 spiro atoms. The summed E-state index contributed by atoms with van der Waals surface area (Å²) in [5, 5.41) is 23.6. The molecular weight excluding hydrogens is 535 g/mol. The van der Waals surface area contributed by atoms with Crippen LogP contribution in [0.2, 0.25) is 5.04 Å². The summed E-state index contributed by atoms with van der Waals surface area (Å²) in [6.45, 7) is 8.34. The lowest BCUT2D eigenvalue weighted by Crippen LogP contribution is -2.69. The van der Waals surface area contributed by atoms with Gasteiger partial charge in [-0.3, -0.25) is 0 Å². The largest absolute Gasteiger partial charge is 0.532 e. The Kier molecular flexibility index (Phi) is 8.79. The molecule has 0 amide bonds. The molecule has 0 heterocycles. The number of carboxylic acid groups (broad SMARTS) is 1. The van der Waals surface area contributed by atoms with E-state index in [1.165, 1.54) is 12.1 Å². The maximum atomic E-state index is 16.6. The van der Waals surface area contributed by atoms with Gasteiger partial charge in [-0.15, -0.1) is 0 Å². The van der Waals surface area contributed by atoms with Crippen molar-refractivity contribution in [2.24, 2.45) is 0 Å². The maximum Gasteiger partial charge on any atom is 0.330 e. The fourth-order valence-corrected chi connectivity index (χ4v) is 9.43. The van der Waals surface area contributed by atoms with Crippen molar-refractivity contribution in [2.45, 2.75) is 38.8 Å². The van der Waals surface area contributed by atoms with Gasteiger partial charge in [0.2, 0.25) is 0 Å². The summed E-state index contributed by atoms with van der Waals surface area (Å²) in [6.07, 6.45) is 0. The Balaban J connectivity index is 1.91. The summed E-state index contributed by atoms with van der Waals surface area (Å²) in [5.74, 6) is -1.84. The molecule has 4 aromatic rings. The van der Waals surface area contributed by atoms with Crippen LogP contribution in [-0.4, -0.2) is 26.0 Å². The van der Waals surface area contributed by atoms with E-state index in [-0.39, 0.29) is 11.3 Å². The summed E-state index contributed by atoms with van der Waals surface area (Å²) in [7, 11) is -3.23. The van der Waals surface area contributed by atoms with Gasteiger partial charge in [-0.1, -0.05) is 81.4 Å². The van der Waals surface area contributed by atoms with Gasteiger partial charge < -0.3 is 19.6 Å². The van der Waals surface area contributed by atoms with Crippen molar-refractivity contribution in [2.75, 3.05) is 11.9 Å². The third kappa shape index (κ3) is 6.10. The van der Waals surface area contributed by atoms with E-state index in [0.29, 0.717) is 23.6 Å². The first-order valence-corrected chi connectivity index (χ1v) is 15.3. The lowest BCUT2D eigenvalue weighted by molar-refractivity contribution is -0.138. The summed E-state index contributed by atoms with van der Waals surface area (Å²) < 4.78 is 29.3. The number of nitrogens with one attached hydrogen (secondary N) is 1. The fraction of sp³-hybridized carbons (Fsp3) is 0.212. The molecule has 0 aromatic heterocycles. The minimum absolute atomic E-state index is 0.0758. The van der Waals surface area contributed by atoms with Crippen LogP contribution >= 0.6 is 0 Å². The number of nitriles is 1. The van der Waals surface area contributed by atoms with Gasteiger partial charge in [-0.25, -0.2) is 9.18 Å². The summed E-state index contributed by atoms with van der Waals surface area (Å²) in [4.78, 5) is 12.5. The molecule has 0 aliphatic rings. The van der Waals surface area contributed by atoms with Gasteiger partial charge in [0, 0.05) is 17.3 Å². The highest BCUT2D eigenvalue weighted by molar-refractivity contribution is 7.00. The van der Waals surface area contributed by atoms with Crippen molar-refractivity contribution >= 4 is 30.3 Å². The highest BCUT2D eigenvalue weighted by Gasteiger charge is 2.52. The number of halogens is 1. The topological polar surface area (TPSA) is 91.6 Å². The third-order valence-corrected chi connectivity index (χ3v) is 11.8. The predicted molar refractivity (Wildman–Crippen MR) is 161 cm³/mol. The second-order valence-corrected chi connectivity index (χ2v) is 14.8. The molecule has 0 radical (unpaired) electrons. The molecule has 6 nitrogen and oxygen atoms in total. The van der Waals surface area contributed by atoms with Gasteiger partial charge in [-0.2, -0.15) is 5.26 Å². The second kappa shape index (κ2) is 12.3. The lowest BCUT2D eigenvalue weighted by Gasteiger charge is -2.43. The lowest BCUT2D eigenvalue weighted by atomic mass is 10.0. The number of ether oxygens (including phenoxy) is 1. The number of hydrogen-bond donors (Lipinski definition) is 2. The third-order valence-electron chi connectivity index (χ3n) is 6.91. The van der Waals surface area contributed by atoms with Crippen LogP contribution in [0.1, 0.15) is 44.9 Å². The Morgan fingerprint density at radius 2 is 1.54 bits per heavy atom. The molecule has 1 atom stereocenters. The number of aliphatic carboxylic acids is 1. The molecule has 0 saturated heterocycles. The van der Waals surface area contributed by atoms with Gasteiger partial charge >= 0.3 is 14.3 Å². The van der Waals surface area contributed by atoms with Crippen molar-refractivity contribution in [3.05, 3.63) is 114 Å². The second-order valence-electron chi connectivity index (χ2n) is 10.6. The Morgan fingerprint density at radius 1 is 0.976 bits per heavy atom. The van der Waals surface area contributed by atoms with E-state index in [9.17, 15) is 9.90 Å². The minimum Gasteiger partial charge on any atom is -0.532 e. The normalized spacial score (nSPS) is 12.2. The number of rotatable bonds is 10. The zero-order valence-corrected chi connectivity index (χ0v) is 24.5. The molecule has 0 aliphatic heterocycles. The summed E-state index contributed by atoms with van der Waals surface area (Å²) in [6, 6.07) is 29.4. The number of hydrogen-bond acceptors (Lipinski definition) is 5. The van der Waals surface area contributed by atoms with E-state index in [0.717, 1.165) is 10.4 Å². The van der Waals surface area contributed by atoms with E-state index < -0.39 is 31.2 Å². The number of carbonyl (C=O) groups is 1. The molecule has 0 aliphatic carbocycles. The first-order valence-electron chi connectivity index (χ1n) is 13.4. The standard InChI is InChI=1S/C33H33FN2O4Si/c1-5-39-25-20-28(31(32(37)38)36-24-18-16-23(22-35)17-19-24)30(34)29(21-25)40-41(33(2,3)4,26-12-8-6-9-13-26)27-14-10-7-11-15-27/h6-21,31,36H,5H2,1-4H3,(H,37,38). The van der Waals surface area contributed by atoms with Crippen LogP contribution in [0.15, 0.2) is 97.1 Å². The van der Waals surface area contributed by atoms with E-state index in [2.05, 4.69) is 26.1 Å². The first kappa shape index (κ1) is 29.4. The number of carboxylic acids is 1. The van der Waals surface area contributed by atoms with Crippen LogP contribution in [0.5, 0.6) is 11.5 Å². The molecule has 0 saturated carbocycles. The van der Waals surface area contributed by atoms with Crippen LogP contribution in [-0.2, 0) is 4.79 Å². The predicted octanol–water partition coefficient (Wildman–Crippen LogP) is 6.27. The average Bonchev–Trinajstić information content (AvgIpc) is 2.96. The quantitative estimate of drug-likeness (QED) is 0.219. The van der Waals surface area contributed by atoms with Gasteiger partial charge in [0.25, 0.3) is 0 Å². The number of anilines is 1. The summed E-state index contributed by atoms with van der Waals surface area (Å²) >= 11 is 0. The monoisotopic (exact) mass is 568 g/mol. The van der Waals surface area contributed by atoms with Gasteiger partial charge in [0.1, 0.15) is 11.5 Å². The Morgan fingerprint density at radius 3 is 2.00 bits per heavy atom. The summed E-state index contributed by atoms with van der Waals surface area (Å²) in [5.41, 5.74) is 0.723. The molecule has 0 fully saturated rings. The van der Waals surface area contributed by atoms with Crippen LogP contribution in [0.4, 0.5) is 10.1 Å². The Hall–Kier alpha value is -4.61. The average molecular weight is 569 g/mol. The van der Waals surface area contributed by atoms with E-state index >= 15 is 4.39 Å². The van der Waals surface area contributed by atoms with Crippen molar-refractivity contribution in [1.82, 2.24) is 0 Å². The van der Waals surface area contributed by atoms with Crippen molar-refractivity contribution in [3.63, 3.8) is 0 Å². The molecule has 8 heteroatoms.